The van der Waals surface area contributed by atoms with Crippen LogP contribution in [0, 0.1) is 10.1 Å². The summed E-state index contributed by atoms with van der Waals surface area (Å²) >= 11 is 1.13. The number of hydrogen-bond donors (Lipinski definition) is 0. The van der Waals surface area contributed by atoms with E-state index >= 15 is 0 Å². The van der Waals surface area contributed by atoms with E-state index < -0.39 is 23.3 Å². The number of nitro groups is 1. The van der Waals surface area contributed by atoms with Gasteiger partial charge in [0.25, 0.3) is 5.69 Å². The first-order valence-corrected chi connectivity index (χ1v) is 8.85. The van der Waals surface area contributed by atoms with E-state index in [1.165, 1.54) is 38.5 Å². The number of carbonyl (C=O) groups excluding carboxylic acids is 2. The average molecular weight is 401 g/mol. The average Bonchev–Trinajstić information content (AvgIpc) is 3.14. The molecular weight excluding hydrogens is 386 g/mol. The van der Waals surface area contributed by atoms with Crippen LogP contribution >= 0.6 is 11.3 Å². The molecule has 0 radical (unpaired) electrons. The zero-order chi connectivity index (χ0) is 20.3. The Morgan fingerprint density at radius 2 is 1.86 bits per heavy atom. The third kappa shape index (κ3) is 3.94. The summed E-state index contributed by atoms with van der Waals surface area (Å²) in [6.07, 6.45) is 0. The molecule has 0 atom stereocenters. The highest BCUT2D eigenvalue weighted by atomic mass is 32.1. The first kappa shape index (κ1) is 19.3. The standard InChI is InChI=1S/C19H15NO7S/c1-25-13-4-5-16(26-2)14(9-13)15(21)10-27-19(22)18-8-11-7-12(20(23)24)3-6-17(11)28-18/h3-9H,10H2,1-2H3. The van der Waals surface area contributed by atoms with Crippen molar-refractivity contribution in [2.24, 2.45) is 0 Å². The number of hydrogen-bond acceptors (Lipinski definition) is 8. The Balaban J connectivity index is 1.74. The van der Waals surface area contributed by atoms with E-state index in [2.05, 4.69) is 0 Å². The lowest BCUT2D eigenvalue weighted by molar-refractivity contribution is -0.384. The van der Waals surface area contributed by atoms with Gasteiger partial charge in [-0.05, 0) is 30.3 Å². The molecule has 0 bridgehead atoms. The monoisotopic (exact) mass is 401 g/mol. The fourth-order valence-electron chi connectivity index (χ4n) is 2.56. The smallest absolute Gasteiger partial charge is 0.348 e. The highest BCUT2D eigenvalue weighted by Crippen LogP contribution is 2.29. The normalized spacial score (nSPS) is 10.5. The van der Waals surface area contributed by atoms with Crippen LogP contribution in [-0.4, -0.2) is 37.5 Å². The topological polar surface area (TPSA) is 105 Å². The van der Waals surface area contributed by atoms with Gasteiger partial charge in [0, 0.05) is 22.2 Å². The molecule has 0 aliphatic heterocycles. The van der Waals surface area contributed by atoms with Gasteiger partial charge in [-0.2, -0.15) is 0 Å². The SMILES string of the molecule is COc1ccc(OC)c(C(=O)COC(=O)c2cc3cc([N+](=O)[O-])ccc3s2)c1. The second-order valence-electron chi connectivity index (χ2n) is 5.66. The maximum absolute atomic E-state index is 12.4. The predicted octanol–water partition coefficient (Wildman–Crippen LogP) is 3.87. The quantitative estimate of drug-likeness (QED) is 0.256. The number of nitro benzene ring substituents is 1. The van der Waals surface area contributed by atoms with Gasteiger partial charge < -0.3 is 14.2 Å². The van der Waals surface area contributed by atoms with Gasteiger partial charge in [-0.15, -0.1) is 11.3 Å². The molecule has 0 amide bonds. The van der Waals surface area contributed by atoms with Crippen LogP contribution < -0.4 is 9.47 Å². The van der Waals surface area contributed by atoms with Crippen molar-refractivity contribution in [3.05, 3.63) is 63.0 Å². The number of carbonyl (C=O) groups is 2. The molecule has 1 aromatic heterocycles. The molecule has 0 saturated carbocycles. The molecule has 3 aromatic rings. The van der Waals surface area contributed by atoms with E-state index in [-0.39, 0.29) is 16.1 Å². The van der Waals surface area contributed by atoms with Crippen LogP contribution in [0.5, 0.6) is 11.5 Å². The van der Waals surface area contributed by atoms with Gasteiger partial charge >= 0.3 is 5.97 Å². The fraction of sp³-hybridized carbons (Fsp3) is 0.158. The van der Waals surface area contributed by atoms with E-state index in [9.17, 15) is 19.7 Å². The van der Waals surface area contributed by atoms with Crippen LogP contribution in [0.1, 0.15) is 20.0 Å². The molecule has 28 heavy (non-hydrogen) atoms. The van der Waals surface area contributed by atoms with E-state index in [1.807, 2.05) is 0 Å². The molecule has 8 nitrogen and oxygen atoms in total. The minimum atomic E-state index is -0.681. The Labute approximate surface area is 163 Å². The summed E-state index contributed by atoms with van der Waals surface area (Å²) in [7, 11) is 2.91. The number of non-ortho nitro benzene ring substituents is 1. The number of nitrogens with zero attached hydrogens (tertiary/aromatic N) is 1. The summed E-state index contributed by atoms with van der Waals surface area (Å²) in [4.78, 5) is 35.3. The summed E-state index contributed by atoms with van der Waals surface area (Å²) in [6, 6.07) is 10.6. The minimum Gasteiger partial charge on any atom is -0.497 e. The highest BCUT2D eigenvalue weighted by molar-refractivity contribution is 7.20. The van der Waals surface area contributed by atoms with Gasteiger partial charge in [-0.25, -0.2) is 4.79 Å². The molecule has 0 spiro atoms. The zero-order valence-corrected chi connectivity index (χ0v) is 15.8. The second kappa shape index (κ2) is 8.05. The summed E-state index contributed by atoms with van der Waals surface area (Å²) in [6.45, 7) is -0.475. The lowest BCUT2D eigenvalue weighted by Gasteiger charge is -2.09. The molecule has 0 N–H and O–H groups in total. The van der Waals surface area contributed by atoms with Crippen molar-refractivity contribution in [1.82, 2.24) is 0 Å². The molecular formula is C19H15NO7S. The molecule has 2 aromatic carbocycles. The number of Topliss-reactive ketones (excluding diaryl/α,β-unsaturated/α-hetero) is 1. The van der Waals surface area contributed by atoms with Crippen molar-refractivity contribution >= 4 is 38.9 Å². The van der Waals surface area contributed by atoms with Crippen LogP contribution in [0.25, 0.3) is 10.1 Å². The van der Waals surface area contributed by atoms with Gasteiger partial charge in [-0.1, -0.05) is 0 Å². The number of rotatable bonds is 7. The van der Waals surface area contributed by atoms with Crippen molar-refractivity contribution in [2.75, 3.05) is 20.8 Å². The first-order chi connectivity index (χ1) is 13.4. The molecule has 3 rings (SSSR count). The second-order valence-corrected chi connectivity index (χ2v) is 6.74. The Kier molecular flexibility index (Phi) is 5.55. The van der Waals surface area contributed by atoms with Gasteiger partial charge in [0.2, 0.25) is 5.78 Å². The van der Waals surface area contributed by atoms with Crippen LogP contribution in [0.3, 0.4) is 0 Å². The maximum Gasteiger partial charge on any atom is 0.348 e. The minimum absolute atomic E-state index is 0.0643. The summed E-state index contributed by atoms with van der Waals surface area (Å²) < 4.78 is 16.1. The number of methoxy groups -OCH3 is 2. The number of fused-ring (bicyclic) bond motifs is 1. The molecule has 0 fully saturated rings. The van der Waals surface area contributed by atoms with Gasteiger partial charge in [-0.3, -0.25) is 14.9 Å². The summed E-state index contributed by atoms with van der Waals surface area (Å²) in [5.74, 6) is -0.308. The summed E-state index contributed by atoms with van der Waals surface area (Å²) in [5, 5.41) is 11.4. The Bertz CT molecular complexity index is 1070. The van der Waals surface area contributed by atoms with Crippen molar-refractivity contribution < 1.29 is 28.7 Å². The Morgan fingerprint density at radius 3 is 2.54 bits per heavy atom. The van der Waals surface area contributed by atoms with Gasteiger partial charge in [0.1, 0.15) is 16.4 Å². The molecule has 0 aliphatic rings. The van der Waals surface area contributed by atoms with E-state index in [4.69, 9.17) is 14.2 Å². The third-order valence-electron chi connectivity index (χ3n) is 3.95. The van der Waals surface area contributed by atoms with Crippen LogP contribution in [0.4, 0.5) is 5.69 Å². The molecule has 144 valence electrons. The number of thiophene rings is 1. The van der Waals surface area contributed by atoms with Crippen LogP contribution in [-0.2, 0) is 4.74 Å². The fourth-order valence-corrected chi connectivity index (χ4v) is 3.49. The summed E-state index contributed by atoms with van der Waals surface area (Å²) in [5.41, 5.74) is 0.173. The lowest BCUT2D eigenvalue weighted by atomic mass is 10.1. The number of benzene rings is 2. The van der Waals surface area contributed by atoms with E-state index in [1.54, 1.807) is 18.2 Å². The number of ketones is 1. The Morgan fingerprint density at radius 1 is 1.07 bits per heavy atom. The van der Waals surface area contributed by atoms with Crippen molar-refractivity contribution in [2.45, 2.75) is 0 Å². The third-order valence-corrected chi connectivity index (χ3v) is 5.05. The molecule has 0 aliphatic carbocycles. The van der Waals surface area contributed by atoms with Crippen molar-refractivity contribution in [1.29, 1.82) is 0 Å². The molecule has 0 saturated heterocycles. The predicted molar refractivity (Wildman–Crippen MR) is 103 cm³/mol. The first-order valence-electron chi connectivity index (χ1n) is 8.03. The highest BCUT2D eigenvalue weighted by Gasteiger charge is 2.18. The van der Waals surface area contributed by atoms with Crippen LogP contribution in [0.15, 0.2) is 42.5 Å². The van der Waals surface area contributed by atoms with Crippen LogP contribution in [0.2, 0.25) is 0 Å². The van der Waals surface area contributed by atoms with E-state index in [0.717, 1.165) is 11.3 Å². The largest absolute Gasteiger partial charge is 0.497 e. The van der Waals surface area contributed by atoms with Crippen molar-refractivity contribution in [3.8, 4) is 11.5 Å². The number of esters is 1. The van der Waals surface area contributed by atoms with Crippen molar-refractivity contribution in [3.63, 3.8) is 0 Å². The lowest BCUT2D eigenvalue weighted by Crippen LogP contribution is -2.14. The zero-order valence-electron chi connectivity index (χ0n) is 15.0. The van der Waals surface area contributed by atoms with Gasteiger partial charge in [0.05, 0.1) is 24.7 Å². The molecule has 1 heterocycles. The molecule has 9 heteroatoms. The molecule has 0 unspecified atom stereocenters. The maximum atomic E-state index is 12.4. The Hall–Kier alpha value is -3.46. The van der Waals surface area contributed by atoms with Gasteiger partial charge in [0.15, 0.2) is 6.61 Å². The number of ether oxygens (including phenoxy) is 3. The van der Waals surface area contributed by atoms with E-state index in [0.29, 0.717) is 21.6 Å².